The molecule has 1 aliphatic rings. The van der Waals surface area contributed by atoms with E-state index in [1.807, 2.05) is 0 Å². The third-order valence-electron chi connectivity index (χ3n) is 1.95. The van der Waals surface area contributed by atoms with E-state index in [1.54, 1.807) is 31.2 Å². The van der Waals surface area contributed by atoms with Crippen molar-refractivity contribution in [2.45, 2.75) is 18.9 Å². The van der Waals surface area contributed by atoms with Crippen molar-refractivity contribution in [1.29, 1.82) is 0 Å². The smallest absolute Gasteiger partial charge is 0.137 e. The number of nitrogens with zero attached hydrogens (tertiary/aromatic N) is 1. The third-order valence-corrected chi connectivity index (χ3v) is 1.95. The molecule has 1 rings (SSSR count). The lowest BCUT2D eigenvalue weighted by Gasteiger charge is -2.19. The number of hydrogen-bond acceptors (Lipinski definition) is 5. The highest BCUT2D eigenvalue weighted by molar-refractivity contribution is 5.23. The highest BCUT2D eigenvalue weighted by Gasteiger charge is 2.18. The van der Waals surface area contributed by atoms with Gasteiger partial charge in [0.1, 0.15) is 5.60 Å². The van der Waals surface area contributed by atoms with Crippen molar-refractivity contribution in [3.8, 4) is 0 Å². The summed E-state index contributed by atoms with van der Waals surface area (Å²) < 4.78 is 0. The Morgan fingerprint density at radius 2 is 2.14 bits per heavy atom. The van der Waals surface area contributed by atoms with Crippen LogP contribution >= 0.6 is 0 Å². The van der Waals surface area contributed by atoms with Crippen LogP contribution in [-0.4, -0.2) is 26.5 Å². The molecular weight excluding hydrogens is 186 g/mol. The van der Waals surface area contributed by atoms with Crippen molar-refractivity contribution in [2.24, 2.45) is 0 Å². The molecule has 0 aliphatic heterocycles. The molecule has 1 aliphatic carbocycles. The van der Waals surface area contributed by atoms with Gasteiger partial charge in [0.15, 0.2) is 0 Å². The van der Waals surface area contributed by atoms with E-state index in [0.29, 0.717) is 12.1 Å². The van der Waals surface area contributed by atoms with Gasteiger partial charge in [-0.25, -0.2) is 4.89 Å². The topological polar surface area (TPSA) is 73.2 Å². The third kappa shape index (κ3) is 2.68. The fourth-order valence-electron chi connectivity index (χ4n) is 1.10. The van der Waals surface area contributed by atoms with Gasteiger partial charge < -0.3 is 0 Å². The highest BCUT2D eigenvalue weighted by Crippen LogP contribution is 2.18. The number of rotatable bonds is 2. The van der Waals surface area contributed by atoms with Crippen molar-refractivity contribution in [1.82, 2.24) is 5.23 Å². The van der Waals surface area contributed by atoms with Gasteiger partial charge in [0.05, 0.1) is 5.70 Å². The summed E-state index contributed by atoms with van der Waals surface area (Å²) in [4.78, 5) is 4.27. The molecule has 0 bridgehead atoms. The van der Waals surface area contributed by atoms with Crippen molar-refractivity contribution in [3.63, 3.8) is 0 Å². The van der Waals surface area contributed by atoms with Crippen molar-refractivity contribution in [2.75, 3.05) is 0 Å². The van der Waals surface area contributed by atoms with Crippen molar-refractivity contribution in [3.05, 3.63) is 36.1 Å². The second-order valence-electron chi connectivity index (χ2n) is 3.19. The lowest BCUT2D eigenvalue weighted by atomic mass is 10.0. The van der Waals surface area contributed by atoms with E-state index < -0.39 is 5.60 Å². The fraction of sp³-hybridized carbons (Fsp3) is 0.333. The Hall–Kier alpha value is -1.14. The van der Waals surface area contributed by atoms with Crippen LogP contribution in [0, 0.1) is 0 Å². The maximum atomic E-state index is 8.75. The molecule has 1 unspecified atom stereocenters. The first kappa shape index (κ1) is 10.9. The summed E-state index contributed by atoms with van der Waals surface area (Å²) in [7, 11) is 0. The van der Waals surface area contributed by atoms with Gasteiger partial charge >= 0.3 is 0 Å². The van der Waals surface area contributed by atoms with Crippen LogP contribution in [-0.2, 0) is 4.89 Å². The van der Waals surface area contributed by atoms with Crippen LogP contribution in [0.2, 0.25) is 0 Å². The van der Waals surface area contributed by atoms with Crippen LogP contribution in [0.1, 0.15) is 13.3 Å². The predicted molar refractivity (Wildman–Crippen MR) is 48.5 cm³/mol. The molecule has 1 atom stereocenters. The molecule has 0 saturated heterocycles. The summed E-state index contributed by atoms with van der Waals surface area (Å²) in [5.41, 5.74) is -0.532. The van der Waals surface area contributed by atoms with Gasteiger partial charge in [0.2, 0.25) is 0 Å². The Balaban J connectivity index is 2.85. The molecule has 5 nitrogen and oxygen atoms in total. The van der Waals surface area contributed by atoms with Crippen molar-refractivity contribution < 1.29 is 20.6 Å². The van der Waals surface area contributed by atoms with E-state index in [1.165, 1.54) is 6.08 Å². The summed E-state index contributed by atoms with van der Waals surface area (Å²) in [6, 6.07) is 0. The Kier molecular flexibility index (Phi) is 3.43. The summed E-state index contributed by atoms with van der Waals surface area (Å²) in [6.45, 7) is 1.68. The molecule has 0 radical (unpaired) electrons. The molecule has 0 aromatic carbocycles. The maximum Gasteiger partial charge on any atom is 0.137 e. The molecule has 5 heteroatoms. The Bertz CT molecular complexity index is 283. The van der Waals surface area contributed by atoms with Gasteiger partial charge in [0, 0.05) is 6.42 Å². The SMILES string of the molecule is CC1(OO)C=CC=C(N(O)O)CC=C1. The molecule has 0 amide bonds. The molecule has 3 N–H and O–H groups in total. The average molecular weight is 199 g/mol. The fourth-order valence-corrected chi connectivity index (χ4v) is 1.10. The summed E-state index contributed by atoms with van der Waals surface area (Å²) in [5, 5.41) is 26.2. The van der Waals surface area contributed by atoms with E-state index in [-0.39, 0.29) is 5.23 Å². The molecule has 0 spiro atoms. The molecule has 0 fully saturated rings. The monoisotopic (exact) mass is 199 g/mol. The summed E-state index contributed by atoms with van der Waals surface area (Å²) >= 11 is 0. The minimum atomic E-state index is -0.863. The summed E-state index contributed by atoms with van der Waals surface area (Å²) in [6.07, 6.45) is 8.32. The molecule has 0 heterocycles. The Morgan fingerprint density at radius 3 is 2.71 bits per heavy atom. The van der Waals surface area contributed by atoms with Crippen LogP contribution in [0.4, 0.5) is 0 Å². The van der Waals surface area contributed by atoms with E-state index >= 15 is 0 Å². The predicted octanol–water partition coefficient (Wildman–Crippen LogP) is 1.72. The molecular formula is C9H13NO4. The lowest BCUT2D eigenvalue weighted by molar-refractivity contribution is -0.288. The zero-order valence-electron chi connectivity index (χ0n) is 7.79. The first-order chi connectivity index (χ1) is 6.57. The van der Waals surface area contributed by atoms with E-state index in [9.17, 15) is 0 Å². The quantitative estimate of drug-likeness (QED) is 0.358. The number of hydrogen-bond donors (Lipinski definition) is 3. The minimum Gasteiger partial charge on any atom is -0.264 e. The van der Waals surface area contributed by atoms with Crippen molar-refractivity contribution >= 4 is 0 Å². The molecule has 78 valence electrons. The average Bonchev–Trinajstić information content (AvgIpc) is 2.11. The molecule has 0 aromatic heterocycles. The van der Waals surface area contributed by atoms with Crippen LogP contribution in [0.15, 0.2) is 36.1 Å². The molecule has 14 heavy (non-hydrogen) atoms. The van der Waals surface area contributed by atoms with Crippen LogP contribution in [0.5, 0.6) is 0 Å². The molecule has 0 saturated carbocycles. The first-order valence-electron chi connectivity index (χ1n) is 4.14. The Labute approximate surface area is 81.7 Å². The molecule has 0 aromatic rings. The summed E-state index contributed by atoms with van der Waals surface area (Å²) in [5.74, 6) is 0. The van der Waals surface area contributed by atoms with E-state index in [2.05, 4.69) is 4.89 Å². The number of hydroxylamine groups is 2. The van der Waals surface area contributed by atoms with Crippen LogP contribution < -0.4 is 0 Å². The maximum absolute atomic E-state index is 8.75. The van der Waals surface area contributed by atoms with E-state index in [4.69, 9.17) is 15.7 Å². The zero-order valence-corrected chi connectivity index (χ0v) is 7.79. The number of allylic oxidation sites excluding steroid dienone is 3. The first-order valence-corrected chi connectivity index (χ1v) is 4.14. The normalized spacial score (nSPS) is 26.7. The second-order valence-corrected chi connectivity index (χ2v) is 3.19. The lowest BCUT2D eigenvalue weighted by Crippen LogP contribution is -2.22. The van der Waals surface area contributed by atoms with Gasteiger partial charge in [0.25, 0.3) is 0 Å². The van der Waals surface area contributed by atoms with Gasteiger partial charge in [-0.15, -0.1) is 5.23 Å². The van der Waals surface area contributed by atoms with Gasteiger partial charge in [-0.3, -0.25) is 15.7 Å². The van der Waals surface area contributed by atoms with Gasteiger partial charge in [-0.2, -0.15) is 0 Å². The second kappa shape index (κ2) is 4.39. The van der Waals surface area contributed by atoms with Gasteiger partial charge in [-0.1, -0.05) is 12.2 Å². The van der Waals surface area contributed by atoms with Crippen LogP contribution in [0.3, 0.4) is 0 Å². The zero-order chi connectivity index (χ0) is 10.6. The largest absolute Gasteiger partial charge is 0.264 e. The standard InChI is InChI=1S/C9H13NO4/c1-9(14-13)6-2-4-8(10(11)12)5-3-7-9/h2-4,6-7,11-13H,5H2,1H3. The highest BCUT2D eigenvalue weighted by atomic mass is 17.1. The Morgan fingerprint density at radius 1 is 1.43 bits per heavy atom. The van der Waals surface area contributed by atoms with E-state index in [0.717, 1.165) is 0 Å². The van der Waals surface area contributed by atoms with Crippen LogP contribution in [0.25, 0.3) is 0 Å². The van der Waals surface area contributed by atoms with Gasteiger partial charge in [-0.05, 0) is 25.2 Å². The minimum absolute atomic E-state index is 0.0666.